The Kier molecular flexibility index (Phi) is 9.71. The molecule has 3 heterocycles. The van der Waals surface area contributed by atoms with Gasteiger partial charge in [-0.15, -0.1) is 0 Å². The molecule has 3 aliphatic heterocycles. The van der Waals surface area contributed by atoms with Gasteiger partial charge in [-0.25, -0.2) is 17.8 Å². The van der Waals surface area contributed by atoms with Crippen LogP contribution in [0, 0.1) is 41.8 Å². The van der Waals surface area contributed by atoms with E-state index in [4.69, 9.17) is 4.74 Å². The van der Waals surface area contributed by atoms with Crippen LogP contribution < -0.4 is 4.72 Å². The lowest BCUT2D eigenvalue weighted by Gasteiger charge is -2.29. The number of fused-ring (bicyclic) bond motifs is 3. The number of carbonyl (C=O) groups is 3. The normalized spacial score (nSPS) is 33.3. The molecule has 1 aromatic carbocycles. The fourth-order valence-corrected chi connectivity index (χ4v) is 9.46. The number of nitrogens with one attached hydrogen (secondary N) is 1. The van der Waals surface area contributed by atoms with Gasteiger partial charge in [0.25, 0.3) is 0 Å². The van der Waals surface area contributed by atoms with E-state index in [2.05, 4.69) is 15.8 Å². The van der Waals surface area contributed by atoms with E-state index in [1.807, 2.05) is 36.5 Å². The molecule has 0 bridgehead atoms. The Labute approximate surface area is 293 Å². The lowest BCUT2D eigenvalue weighted by molar-refractivity contribution is -0.142. The Hall–Kier alpha value is -3.86. The first-order valence-corrected chi connectivity index (χ1v) is 19.7. The molecule has 3 fully saturated rings. The summed E-state index contributed by atoms with van der Waals surface area (Å²) in [5, 5.41) is -0.567. The largest absolute Gasteiger partial charge is 0.475 e. The molecule has 11 heteroatoms. The molecular weight excluding hydrogens is 658 g/mol. The standard InChI is InChI=1S/C39H46FN3O6S/c1-25-19-26(13-16-33(25)40)20-28-10-5-3-2-4-6-11-29-22-39(29,38(46)42-50(47,48)31-14-15-31)23-35(44)34-21-30(24-43(34)37(28)45)49-36-32-12-8-7-9-27(32)17-18-41-36/h6-9,11-13,16-19,27-32,34H,2-5,10,14-15,20-24H2,1H3,(H,42,46)/b11-6-/t27?,28-,29-,30-,32?,34+,39-/m1/s1. The molecular formula is C39H46FN3O6S. The highest BCUT2D eigenvalue weighted by molar-refractivity contribution is 7.90. The molecule has 0 radical (unpaired) electrons. The quantitative estimate of drug-likeness (QED) is 0.382. The number of carbonyl (C=O) groups excluding carboxylic acids is 3. The van der Waals surface area contributed by atoms with Crippen LogP contribution >= 0.6 is 0 Å². The third-order valence-electron chi connectivity index (χ3n) is 11.3. The fourth-order valence-electron chi connectivity index (χ4n) is 8.08. The van der Waals surface area contributed by atoms with Crippen molar-refractivity contribution < 1.29 is 31.9 Å². The van der Waals surface area contributed by atoms with Crippen LogP contribution in [-0.2, 0) is 35.6 Å². The number of ketones is 1. The van der Waals surface area contributed by atoms with Gasteiger partial charge in [-0.3, -0.25) is 19.1 Å². The molecule has 2 unspecified atom stereocenters. The van der Waals surface area contributed by atoms with Gasteiger partial charge in [-0.2, -0.15) is 0 Å². The molecule has 2 saturated carbocycles. The lowest BCUT2D eigenvalue weighted by atomic mass is 9.87. The van der Waals surface area contributed by atoms with E-state index in [-0.39, 0.29) is 54.6 Å². The van der Waals surface area contributed by atoms with E-state index in [1.165, 1.54) is 6.07 Å². The monoisotopic (exact) mass is 703 g/mol. The summed E-state index contributed by atoms with van der Waals surface area (Å²) in [6, 6.07) is 4.09. The molecule has 6 aliphatic rings. The van der Waals surface area contributed by atoms with E-state index < -0.39 is 44.7 Å². The lowest BCUT2D eigenvalue weighted by Crippen LogP contribution is -2.46. The third-order valence-corrected chi connectivity index (χ3v) is 13.1. The summed E-state index contributed by atoms with van der Waals surface area (Å²) >= 11 is 0. The number of aryl methyl sites for hydroxylation is 1. The number of halogens is 1. The number of nitrogens with zero attached hydrogens (tertiary/aromatic N) is 2. The van der Waals surface area contributed by atoms with E-state index in [0.29, 0.717) is 43.6 Å². The predicted molar refractivity (Wildman–Crippen MR) is 188 cm³/mol. The van der Waals surface area contributed by atoms with E-state index in [9.17, 15) is 27.2 Å². The molecule has 266 valence electrons. The van der Waals surface area contributed by atoms with Crippen molar-refractivity contribution in [3.63, 3.8) is 0 Å². The van der Waals surface area contributed by atoms with Crippen molar-refractivity contribution in [2.75, 3.05) is 6.54 Å². The molecule has 2 amide bonds. The van der Waals surface area contributed by atoms with Gasteiger partial charge in [-0.05, 0) is 75.0 Å². The number of sulfonamides is 1. The van der Waals surface area contributed by atoms with E-state index in [1.54, 1.807) is 30.2 Å². The highest BCUT2D eigenvalue weighted by Gasteiger charge is 2.61. The zero-order chi connectivity index (χ0) is 35.0. The van der Waals surface area contributed by atoms with Crippen molar-refractivity contribution >= 4 is 33.5 Å². The predicted octanol–water partition coefficient (Wildman–Crippen LogP) is 5.66. The molecule has 1 N–H and O–H groups in total. The van der Waals surface area contributed by atoms with Crippen molar-refractivity contribution in [2.24, 2.45) is 34.1 Å². The van der Waals surface area contributed by atoms with Crippen LogP contribution in [-0.4, -0.2) is 60.8 Å². The van der Waals surface area contributed by atoms with Gasteiger partial charge in [0, 0.05) is 30.9 Å². The first-order valence-electron chi connectivity index (χ1n) is 18.1. The molecule has 0 aromatic heterocycles. The maximum Gasteiger partial charge on any atom is 0.240 e. The van der Waals surface area contributed by atoms with Crippen molar-refractivity contribution in [2.45, 2.75) is 94.9 Å². The first-order chi connectivity index (χ1) is 24.0. The minimum atomic E-state index is -3.81. The number of ether oxygens (including phenoxy) is 1. The molecule has 7 atom stereocenters. The minimum Gasteiger partial charge on any atom is -0.475 e. The number of Topliss-reactive ketones (excluding diaryl/α,β-unsaturated/α-hetero) is 1. The Balaban J connectivity index is 1.18. The summed E-state index contributed by atoms with van der Waals surface area (Å²) in [4.78, 5) is 49.0. The maximum absolute atomic E-state index is 14.6. The first kappa shape index (κ1) is 34.6. The summed E-state index contributed by atoms with van der Waals surface area (Å²) in [5.74, 6) is -1.48. The molecule has 9 nitrogen and oxygen atoms in total. The second-order valence-corrected chi connectivity index (χ2v) is 17.0. The van der Waals surface area contributed by atoms with E-state index >= 15 is 0 Å². The van der Waals surface area contributed by atoms with Crippen LogP contribution in [0.15, 0.2) is 71.9 Å². The molecule has 7 rings (SSSR count). The average Bonchev–Trinajstić information content (AvgIpc) is 4.02. The van der Waals surface area contributed by atoms with Gasteiger partial charge in [0.2, 0.25) is 21.8 Å². The number of hydrogen-bond acceptors (Lipinski definition) is 7. The summed E-state index contributed by atoms with van der Waals surface area (Å²) in [5.41, 5.74) is 0.192. The second kappa shape index (κ2) is 14.0. The highest BCUT2D eigenvalue weighted by atomic mass is 32.2. The molecule has 0 spiro atoms. The number of rotatable bonds is 6. The summed E-state index contributed by atoms with van der Waals surface area (Å²) in [6.07, 6.45) is 21.2. The number of amides is 2. The SMILES string of the molecule is Cc1cc(C[C@H]2CCCCC/C=C\[C@@H]3C[C@@]3(C(=O)NS(=O)(=O)C3CC3)CC(=O)[C@@H]3C[C@@H](OC4=NC=CC5C=CC=CC45)CN3C2=O)ccc1F. The van der Waals surface area contributed by atoms with Crippen molar-refractivity contribution in [3.05, 3.63) is 83.9 Å². The Bertz CT molecular complexity index is 1800. The van der Waals surface area contributed by atoms with Crippen LogP contribution in [0.25, 0.3) is 0 Å². The average molecular weight is 704 g/mol. The minimum absolute atomic E-state index is 0.0803. The topological polar surface area (TPSA) is 122 Å². The maximum atomic E-state index is 14.6. The zero-order valence-electron chi connectivity index (χ0n) is 28.5. The van der Waals surface area contributed by atoms with Gasteiger partial charge < -0.3 is 9.64 Å². The molecule has 1 aromatic rings. The molecule has 1 saturated heterocycles. The van der Waals surface area contributed by atoms with Gasteiger partial charge in [0.15, 0.2) is 11.7 Å². The zero-order valence-corrected chi connectivity index (χ0v) is 29.3. The molecule has 3 aliphatic carbocycles. The van der Waals surface area contributed by atoms with Crippen LogP contribution in [0.3, 0.4) is 0 Å². The number of hydrogen-bond donors (Lipinski definition) is 1. The van der Waals surface area contributed by atoms with E-state index in [0.717, 1.165) is 31.2 Å². The summed E-state index contributed by atoms with van der Waals surface area (Å²) in [7, 11) is -3.81. The van der Waals surface area contributed by atoms with Gasteiger partial charge in [-0.1, -0.05) is 67.5 Å². The summed E-state index contributed by atoms with van der Waals surface area (Å²) < 4.78 is 48.6. The van der Waals surface area contributed by atoms with Crippen LogP contribution in [0.1, 0.15) is 75.3 Å². The number of allylic oxidation sites excluding steroid dienone is 6. The summed E-state index contributed by atoms with van der Waals surface area (Å²) in [6.45, 7) is 1.90. The van der Waals surface area contributed by atoms with Crippen LogP contribution in [0.5, 0.6) is 0 Å². The smallest absolute Gasteiger partial charge is 0.240 e. The number of benzene rings is 1. The van der Waals surface area contributed by atoms with Crippen molar-refractivity contribution in [1.29, 1.82) is 0 Å². The van der Waals surface area contributed by atoms with Crippen molar-refractivity contribution in [3.8, 4) is 0 Å². The van der Waals surface area contributed by atoms with Gasteiger partial charge >= 0.3 is 0 Å². The van der Waals surface area contributed by atoms with Gasteiger partial charge in [0.1, 0.15) is 11.9 Å². The van der Waals surface area contributed by atoms with Crippen molar-refractivity contribution in [1.82, 2.24) is 9.62 Å². The Morgan fingerprint density at radius 2 is 1.90 bits per heavy atom. The third kappa shape index (κ3) is 7.29. The van der Waals surface area contributed by atoms with Gasteiger partial charge in [0.05, 0.1) is 29.2 Å². The van der Waals surface area contributed by atoms with Crippen LogP contribution in [0.2, 0.25) is 0 Å². The Morgan fingerprint density at radius 1 is 1.08 bits per heavy atom. The van der Waals surface area contributed by atoms with Crippen LogP contribution in [0.4, 0.5) is 4.39 Å². The highest BCUT2D eigenvalue weighted by Crippen LogP contribution is 2.57. The fraction of sp³-hybridized carbons (Fsp3) is 0.538. The number of aliphatic imine (C=N–C) groups is 1. The molecule has 50 heavy (non-hydrogen) atoms. The second-order valence-electron chi connectivity index (χ2n) is 15.0. The Morgan fingerprint density at radius 3 is 2.70 bits per heavy atom.